The van der Waals surface area contributed by atoms with Crippen LogP contribution in [0.25, 0.3) is 0 Å². The molecule has 0 heterocycles. The monoisotopic (exact) mass is 298 g/mol. The number of halogens is 1. The molecule has 0 radical (unpaired) electrons. The highest BCUT2D eigenvalue weighted by molar-refractivity contribution is 6.31. The minimum atomic E-state index is 0.547. The highest BCUT2D eigenvalue weighted by atomic mass is 35.5. The zero-order valence-corrected chi connectivity index (χ0v) is 13.8. The number of hydrogen-bond donors (Lipinski definition) is 1. The largest absolute Gasteiger partial charge is 0.383 e. The van der Waals surface area contributed by atoms with E-state index < -0.39 is 0 Å². The summed E-state index contributed by atoms with van der Waals surface area (Å²) in [5.41, 5.74) is 2.38. The van der Waals surface area contributed by atoms with E-state index in [0.29, 0.717) is 12.6 Å². The quantitative estimate of drug-likeness (QED) is 0.704. The van der Waals surface area contributed by atoms with Crippen LogP contribution in [0.15, 0.2) is 18.2 Å². The molecule has 0 fully saturated rings. The number of rotatable bonds is 9. The number of anilines is 1. The lowest BCUT2D eigenvalue weighted by Gasteiger charge is -2.30. The first-order valence-electron chi connectivity index (χ1n) is 7.35. The van der Waals surface area contributed by atoms with Gasteiger partial charge in [-0.25, -0.2) is 0 Å². The number of nitrogens with zero attached hydrogens (tertiary/aromatic N) is 1. The molecular formula is C16H27ClN2O. The summed E-state index contributed by atoms with van der Waals surface area (Å²) in [5, 5.41) is 4.20. The van der Waals surface area contributed by atoms with Crippen molar-refractivity contribution in [3.63, 3.8) is 0 Å². The normalized spacial score (nSPS) is 11.1. The second-order valence-electron chi connectivity index (χ2n) is 4.99. The van der Waals surface area contributed by atoms with Crippen molar-refractivity contribution in [3.05, 3.63) is 28.8 Å². The Morgan fingerprint density at radius 2 is 2.00 bits per heavy atom. The Balaban J connectivity index is 2.86. The fourth-order valence-electron chi connectivity index (χ4n) is 2.47. The fraction of sp³-hybridized carbons (Fsp3) is 0.625. The second kappa shape index (κ2) is 9.22. The third-order valence-electron chi connectivity index (χ3n) is 3.75. The molecule has 20 heavy (non-hydrogen) atoms. The van der Waals surface area contributed by atoms with E-state index in [1.54, 1.807) is 7.11 Å². The molecule has 1 aromatic rings. The first kappa shape index (κ1) is 17.3. The van der Waals surface area contributed by atoms with Gasteiger partial charge in [-0.1, -0.05) is 31.5 Å². The molecule has 0 saturated carbocycles. The molecule has 3 nitrogen and oxygen atoms in total. The molecule has 1 N–H and O–H groups in total. The number of nitrogens with one attached hydrogen (secondary N) is 1. The van der Waals surface area contributed by atoms with Crippen molar-refractivity contribution in [1.82, 2.24) is 5.32 Å². The first-order chi connectivity index (χ1) is 9.65. The van der Waals surface area contributed by atoms with Crippen LogP contribution < -0.4 is 10.2 Å². The Bertz CT molecular complexity index is 394. The Morgan fingerprint density at radius 3 is 2.60 bits per heavy atom. The molecule has 0 bridgehead atoms. The minimum Gasteiger partial charge on any atom is -0.383 e. The van der Waals surface area contributed by atoms with E-state index in [1.165, 1.54) is 11.3 Å². The Kier molecular flexibility index (Phi) is 7.97. The van der Waals surface area contributed by atoms with Gasteiger partial charge >= 0.3 is 0 Å². The lowest BCUT2D eigenvalue weighted by molar-refractivity contribution is 0.199. The molecule has 0 aliphatic carbocycles. The standard InChI is InChI=1S/C16H27ClN2O/c1-5-13(6-2)19(3)16-9-7-8-15(17)14(16)12-18-10-11-20-4/h7-9,13,18H,5-6,10-12H2,1-4H3. The van der Waals surface area contributed by atoms with Crippen molar-refractivity contribution in [2.75, 3.05) is 32.2 Å². The van der Waals surface area contributed by atoms with E-state index in [9.17, 15) is 0 Å². The molecule has 0 spiro atoms. The topological polar surface area (TPSA) is 24.5 Å². The smallest absolute Gasteiger partial charge is 0.0587 e. The summed E-state index contributed by atoms with van der Waals surface area (Å²) in [5.74, 6) is 0. The SMILES string of the molecule is CCC(CC)N(C)c1cccc(Cl)c1CNCCOC. The van der Waals surface area contributed by atoms with Crippen LogP contribution in [0.5, 0.6) is 0 Å². The predicted octanol–water partition coefficient (Wildman–Crippen LogP) is 3.70. The molecule has 0 unspecified atom stereocenters. The summed E-state index contributed by atoms with van der Waals surface area (Å²) >= 11 is 6.38. The Labute approximate surface area is 128 Å². The van der Waals surface area contributed by atoms with Gasteiger partial charge < -0.3 is 15.0 Å². The van der Waals surface area contributed by atoms with Crippen molar-refractivity contribution in [2.45, 2.75) is 39.3 Å². The highest BCUT2D eigenvalue weighted by Crippen LogP contribution is 2.29. The van der Waals surface area contributed by atoms with E-state index in [1.807, 2.05) is 12.1 Å². The fourth-order valence-corrected chi connectivity index (χ4v) is 2.71. The summed E-state index contributed by atoms with van der Waals surface area (Å²) in [7, 11) is 3.87. The summed E-state index contributed by atoms with van der Waals surface area (Å²) in [6.45, 7) is 6.76. The van der Waals surface area contributed by atoms with Crippen molar-refractivity contribution in [2.24, 2.45) is 0 Å². The zero-order chi connectivity index (χ0) is 15.0. The molecule has 1 aromatic carbocycles. The molecule has 0 amide bonds. The third kappa shape index (κ3) is 4.65. The zero-order valence-electron chi connectivity index (χ0n) is 13.1. The summed E-state index contributed by atoms with van der Waals surface area (Å²) in [6, 6.07) is 6.68. The van der Waals surface area contributed by atoms with Crippen LogP contribution in [0.2, 0.25) is 5.02 Å². The van der Waals surface area contributed by atoms with Crippen molar-refractivity contribution in [3.8, 4) is 0 Å². The third-order valence-corrected chi connectivity index (χ3v) is 4.10. The molecule has 1 rings (SSSR count). The molecule has 4 heteroatoms. The lowest BCUT2D eigenvalue weighted by Crippen LogP contribution is -2.32. The lowest BCUT2D eigenvalue weighted by atomic mass is 10.1. The maximum Gasteiger partial charge on any atom is 0.0587 e. The Morgan fingerprint density at radius 1 is 1.30 bits per heavy atom. The minimum absolute atomic E-state index is 0.547. The van der Waals surface area contributed by atoms with E-state index in [0.717, 1.165) is 31.0 Å². The van der Waals surface area contributed by atoms with Crippen molar-refractivity contribution < 1.29 is 4.74 Å². The van der Waals surface area contributed by atoms with Crippen LogP contribution >= 0.6 is 11.6 Å². The van der Waals surface area contributed by atoms with Crippen LogP contribution in [0, 0.1) is 0 Å². The van der Waals surface area contributed by atoms with Gasteiger partial charge in [0, 0.05) is 49.6 Å². The Hall–Kier alpha value is -0.770. The van der Waals surface area contributed by atoms with Gasteiger partial charge in [0.15, 0.2) is 0 Å². The molecule has 0 aliphatic rings. The van der Waals surface area contributed by atoms with Gasteiger partial charge in [-0.05, 0) is 25.0 Å². The summed E-state index contributed by atoms with van der Waals surface area (Å²) in [6.07, 6.45) is 2.27. The number of ether oxygens (including phenoxy) is 1. The van der Waals surface area contributed by atoms with Gasteiger partial charge in [-0.2, -0.15) is 0 Å². The van der Waals surface area contributed by atoms with Gasteiger partial charge in [0.1, 0.15) is 0 Å². The predicted molar refractivity (Wildman–Crippen MR) is 87.8 cm³/mol. The van der Waals surface area contributed by atoms with Gasteiger partial charge in [0.05, 0.1) is 6.61 Å². The molecule has 114 valence electrons. The molecular weight excluding hydrogens is 272 g/mol. The van der Waals surface area contributed by atoms with E-state index in [4.69, 9.17) is 16.3 Å². The molecule has 0 atom stereocenters. The maximum atomic E-state index is 6.38. The van der Waals surface area contributed by atoms with Gasteiger partial charge in [0.25, 0.3) is 0 Å². The van der Waals surface area contributed by atoms with Gasteiger partial charge in [0.2, 0.25) is 0 Å². The average molecular weight is 299 g/mol. The van der Waals surface area contributed by atoms with Gasteiger partial charge in [-0.15, -0.1) is 0 Å². The average Bonchev–Trinajstić information content (AvgIpc) is 2.46. The summed E-state index contributed by atoms with van der Waals surface area (Å²) < 4.78 is 5.05. The van der Waals surface area contributed by atoms with Crippen LogP contribution in [0.3, 0.4) is 0 Å². The van der Waals surface area contributed by atoms with Gasteiger partial charge in [-0.3, -0.25) is 0 Å². The van der Waals surface area contributed by atoms with Crippen molar-refractivity contribution in [1.29, 1.82) is 0 Å². The molecule has 0 saturated heterocycles. The molecule has 0 aliphatic heterocycles. The van der Waals surface area contributed by atoms with Crippen LogP contribution in [-0.2, 0) is 11.3 Å². The molecule has 0 aromatic heterocycles. The maximum absolute atomic E-state index is 6.38. The van der Waals surface area contributed by atoms with Crippen LogP contribution in [0.4, 0.5) is 5.69 Å². The van der Waals surface area contributed by atoms with Crippen molar-refractivity contribution >= 4 is 17.3 Å². The van der Waals surface area contributed by atoms with Crippen LogP contribution in [-0.4, -0.2) is 33.4 Å². The number of hydrogen-bond acceptors (Lipinski definition) is 3. The number of methoxy groups -OCH3 is 1. The highest BCUT2D eigenvalue weighted by Gasteiger charge is 2.16. The van der Waals surface area contributed by atoms with E-state index in [2.05, 4.69) is 37.2 Å². The number of benzene rings is 1. The van der Waals surface area contributed by atoms with E-state index >= 15 is 0 Å². The summed E-state index contributed by atoms with van der Waals surface area (Å²) in [4.78, 5) is 2.35. The second-order valence-corrected chi connectivity index (χ2v) is 5.40. The van der Waals surface area contributed by atoms with E-state index in [-0.39, 0.29) is 0 Å². The first-order valence-corrected chi connectivity index (χ1v) is 7.73. The van der Waals surface area contributed by atoms with Crippen LogP contribution in [0.1, 0.15) is 32.3 Å².